The van der Waals surface area contributed by atoms with Gasteiger partial charge in [0.1, 0.15) is 11.6 Å². The van der Waals surface area contributed by atoms with Gasteiger partial charge in [-0.2, -0.15) is 0 Å². The number of fused-ring (bicyclic) bond motifs is 1. The molecule has 3 unspecified atom stereocenters. The standard InChI is InChI=1S/C17H22ClFN2/c1-11-4-3-5-15(12(11)2)21-16-7-6-13(19)10-14(16)20-17(21)8-9-18/h6-7,10-12,15H,3-5,8-9H2,1-2H3. The maximum atomic E-state index is 13.5. The van der Waals surface area contributed by atoms with Crippen LogP contribution in [0.3, 0.4) is 0 Å². The van der Waals surface area contributed by atoms with Gasteiger partial charge >= 0.3 is 0 Å². The Labute approximate surface area is 130 Å². The fourth-order valence-corrected chi connectivity index (χ4v) is 3.84. The highest BCUT2D eigenvalue weighted by molar-refractivity contribution is 6.17. The summed E-state index contributed by atoms with van der Waals surface area (Å²) < 4.78 is 15.8. The number of nitrogens with zero attached hydrogens (tertiary/aromatic N) is 2. The molecule has 1 aliphatic rings. The molecule has 1 aromatic heterocycles. The number of benzene rings is 1. The molecule has 0 amide bonds. The molecule has 0 bridgehead atoms. The zero-order valence-electron chi connectivity index (χ0n) is 12.6. The van der Waals surface area contributed by atoms with Crippen LogP contribution >= 0.6 is 11.6 Å². The van der Waals surface area contributed by atoms with Gasteiger partial charge in [-0.1, -0.05) is 26.7 Å². The Kier molecular flexibility index (Phi) is 4.21. The highest BCUT2D eigenvalue weighted by Crippen LogP contribution is 2.40. The van der Waals surface area contributed by atoms with Gasteiger partial charge in [0.05, 0.1) is 11.0 Å². The summed E-state index contributed by atoms with van der Waals surface area (Å²) in [5, 5.41) is 0. The Bertz CT molecular complexity index is 637. The lowest BCUT2D eigenvalue weighted by atomic mass is 9.78. The van der Waals surface area contributed by atoms with E-state index in [0.717, 1.165) is 23.3 Å². The highest BCUT2D eigenvalue weighted by Gasteiger charge is 2.30. The second-order valence-corrected chi connectivity index (χ2v) is 6.68. The third kappa shape index (κ3) is 2.68. The second-order valence-electron chi connectivity index (χ2n) is 6.30. The summed E-state index contributed by atoms with van der Waals surface area (Å²) >= 11 is 5.94. The molecule has 1 aliphatic carbocycles. The monoisotopic (exact) mass is 308 g/mol. The van der Waals surface area contributed by atoms with Gasteiger partial charge in [0.25, 0.3) is 0 Å². The summed E-state index contributed by atoms with van der Waals surface area (Å²) in [4.78, 5) is 4.64. The molecule has 0 saturated heterocycles. The first-order valence-electron chi connectivity index (χ1n) is 7.84. The fraction of sp³-hybridized carbons (Fsp3) is 0.588. The van der Waals surface area contributed by atoms with Crippen LogP contribution in [0.2, 0.25) is 0 Å². The van der Waals surface area contributed by atoms with E-state index < -0.39 is 0 Å². The lowest BCUT2D eigenvalue weighted by molar-refractivity contribution is 0.187. The summed E-state index contributed by atoms with van der Waals surface area (Å²) in [6.07, 6.45) is 4.44. The van der Waals surface area contributed by atoms with Gasteiger partial charge in [0, 0.05) is 24.4 Å². The smallest absolute Gasteiger partial charge is 0.125 e. The van der Waals surface area contributed by atoms with E-state index in [-0.39, 0.29) is 5.82 Å². The average molecular weight is 309 g/mol. The van der Waals surface area contributed by atoms with Crippen LogP contribution in [0.25, 0.3) is 11.0 Å². The van der Waals surface area contributed by atoms with Crippen molar-refractivity contribution in [1.29, 1.82) is 0 Å². The lowest BCUT2D eigenvalue weighted by Gasteiger charge is -2.36. The molecule has 2 aromatic rings. The molecule has 0 spiro atoms. The van der Waals surface area contributed by atoms with Crippen LogP contribution in [-0.2, 0) is 6.42 Å². The van der Waals surface area contributed by atoms with Gasteiger partial charge in [0.2, 0.25) is 0 Å². The molecule has 1 heterocycles. The predicted octanol–water partition coefficient (Wildman–Crippen LogP) is 4.95. The maximum Gasteiger partial charge on any atom is 0.125 e. The zero-order valence-corrected chi connectivity index (χ0v) is 13.4. The molecule has 2 nitrogen and oxygen atoms in total. The molecule has 4 heteroatoms. The number of hydrogen-bond acceptors (Lipinski definition) is 1. The van der Waals surface area contributed by atoms with Crippen LogP contribution in [0.1, 0.15) is 45.0 Å². The van der Waals surface area contributed by atoms with Gasteiger partial charge in [-0.25, -0.2) is 9.37 Å². The van der Waals surface area contributed by atoms with Crippen LogP contribution in [0.15, 0.2) is 18.2 Å². The van der Waals surface area contributed by atoms with Crippen molar-refractivity contribution in [3.05, 3.63) is 29.8 Å². The van der Waals surface area contributed by atoms with E-state index in [9.17, 15) is 4.39 Å². The molecule has 3 rings (SSSR count). The Hall–Kier alpha value is -1.09. The van der Waals surface area contributed by atoms with Crippen molar-refractivity contribution < 1.29 is 4.39 Å². The molecule has 0 radical (unpaired) electrons. The minimum absolute atomic E-state index is 0.227. The van der Waals surface area contributed by atoms with Gasteiger partial charge in [0.15, 0.2) is 0 Å². The third-order valence-corrected chi connectivity index (χ3v) is 5.23. The van der Waals surface area contributed by atoms with Crippen molar-refractivity contribution in [3.8, 4) is 0 Å². The van der Waals surface area contributed by atoms with E-state index in [1.165, 1.54) is 31.4 Å². The Balaban J connectivity index is 2.12. The van der Waals surface area contributed by atoms with Crippen LogP contribution in [-0.4, -0.2) is 15.4 Å². The van der Waals surface area contributed by atoms with Crippen molar-refractivity contribution in [3.63, 3.8) is 0 Å². The number of hydrogen-bond donors (Lipinski definition) is 0. The number of halogens is 2. The molecular weight excluding hydrogens is 287 g/mol. The van der Waals surface area contributed by atoms with Crippen molar-refractivity contribution in [2.24, 2.45) is 11.8 Å². The molecule has 21 heavy (non-hydrogen) atoms. The van der Waals surface area contributed by atoms with Crippen LogP contribution in [0.5, 0.6) is 0 Å². The van der Waals surface area contributed by atoms with Gasteiger partial charge in [-0.15, -0.1) is 11.6 Å². The van der Waals surface area contributed by atoms with E-state index in [1.807, 2.05) is 6.07 Å². The first-order valence-corrected chi connectivity index (χ1v) is 8.37. The minimum Gasteiger partial charge on any atom is -0.325 e. The van der Waals surface area contributed by atoms with E-state index >= 15 is 0 Å². The van der Waals surface area contributed by atoms with Gasteiger partial charge < -0.3 is 4.57 Å². The van der Waals surface area contributed by atoms with E-state index in [1.54, 1.807) is 0 Å². The van der Waals surface area contributed by atoms with Crippen molar-refractivity contribution >= 4 is 22.6 Å². The lowest BCUT2D eigenvalue weighted by Crippen LogP contribution is -2.28. The Morgan fingerprint density at radius 1 is 1.33 bits per heavy atom. The number of imidazole rings is 1. The summed E-state index contributed by atoms with van der Waals surface area (Å²) in [6, 6.07) is 5.37. The average Bonchev–Trinajstić information content (AvgIpc) is 2.79. The minimum atomic E-state index is -0.227. The van der Waals surface area contributed by atoms with Gasteiger partial charge in [-0.05, 0) is 30.4 Å². The number of alkyl halides is 1. The summed E-state index contributed by atoms with van der Waals surface area (Å²) in [5.41, 5.74) is 1.79. The van der Waals surface area contributed by atoms with Crippen molar-refractivity contribution in [2.45, 2.75) is 45.6 Å². The number of aromatic nitrogens is 2. The third-order valence-electron chi connectivity index (χ3n) is 5.04. The molecular formula is C17H22ClFN2. The fourth-order valence-electron chi connectivity index (χ4n) is 3.67. The SMILES string of the molecule is CC1CCCC(n2c(CCCl)nc3cc(F)ccc32)C1C. The molecule has 0 N–H and O–H groups in total. The number of aryl methyl sites for hydroxylation is 1. The van der Waals surface area contributed by atoms with Crippen molar-refractivity contribution in [2.75, 3.05) is 5.88 Å². The molecule has 1 fully saturated rings. The quantitative estimate of drug-likeness (QED) is 0.733. The Morgan fingerprint density at radius 3 is 2.90 bits per heavy atom. The largest absolute Gasteiger partial charge is 0.325 e. The van der Waals surface area contributed by atoms with Crippen LogP contribution in [0.4, 0.5) is 4.39 Å². The summed E-state index contributed by atoms with van der Waals surface area (Å²) in [6.45, 7) is 4.66. The Morgan fingerprint density at radius 2 is 2.14 bits per heavy atom. The highest BCUT2D eigenvalue weighted by atomic mass is 35.5. The molecule has 1 saturated carbocycles. The molecule has 114 valence electrons. The summed E-state index contributed by atoms with van der Waals surface area (Å²) in [7, 11) is 0. The normalized spacial score (nSPS) is 26.4. The van der Waals surface area contributed by atoms with Crippen molar-refractivity contribution in [1.82, 2.24) is 9.55 Å². The maximum absolute atomic E-state index is 13.5. The van der Waals surface area contributed by atoms with Crippen LogP contribution in [0, 0.1) is 17.7 Å². The second kappa shape index (κ2) is 5.96. The first kappa shape index (κ1) is 14.8. The van der Waals surface area contributed by atoms with Gasteiger partial charge in [-0.3, -0.25) is 0 Å². The number of rotatable bonds is 3. The molecule has 3 atom stereocenters. The van der Waals surface area contributed by atoms with Crippen LogP contribution < -0.4 is 0 Å². The van der Waals surface area contributed by atoms with E-state index in [0.29, 0.717) is 23.8 Å². The topological polar surface area (TPSA) is 17.8 Å². The molecule has 0 aliphatic heterocycles. The zero-order chi connectivity index (χ0) is 15.0. The molecule has 1 aromatic carbocycles. The first-order chi connectivity index (χ1) is 10.1. The van der Waals surface area contributed by atoms with E-state index in [4.69, 9.17) is 11.6 Å². The summed E-state index contributed by atoms with van der Waals surface area (Å²) in [5.74, 6) is 2.63. The van der Waals surface area contributed by atoms with E-state index in [2.05, 4.69) is 23.4 Å². The predicted molar refractivity (Wildman–Crippen MR) is 85.3 cm³/mol.